The Morgan fingerprint density at radius 2 is 2.24 bits per heavy atom. The summed E-state index contributed by atoms with van der Waals surface area (Å²) in [7, 11) is 0. The fourth-order valence-corrected chi connectivity index (χ4v) is 3.54. The highest BCUT2D eigenvalue weighted by Crippen LogP contribution is 2.50. The molecule has 0 aromatic carbocycles. The number of nitrogens with one attached hydrogen (secondary N) is 1. The summed E-state index contributed by atoms with van der Waals surface area (Å²) in [5, 5.41) is 13.6. The van der Waals surface area contributed by atoms with Crippen molar-refractivity contribution in [2.75, 3.05) is 0 Å². The van der Waals surface area contributed by atoms with Crippen LogP contribution in [0.1, 0.15) is 39.1 Å². The van der Waals surface area contributed by atoms with E-state index in [1.807, 2.05) is 5.38 Å². The minimum absolute atomic E-state index is 0.000995. The quantitative estimate of drug-likeness (QED) is 0.890. The second-order valence-electron chi connectivity index (χ2n) is 5.21. The van der Waals surface area contributed by atoms with Crippen molar-refractivity contribution in [3.63, 3.8) is 0 Å². The Hall–Kier alpha value is -2.08. The average Bonchev–Trinajstić information content (AvgIpc) is 2.89. The normalized spacial score (nSPS) is 20.2. The summed E-state index contributed by atoms with van der Waals surface area (Å²) in [5.74, 6) is -0.417. The third-order valence-electron chi connectivity index (χ3n) is 3.67. The van der Waals surface area contributed by atoms with E-state index in [2.05, 4.69) is 18.3 Å². The van der Waals surface area contributed by atoms with Crippen LogP contribution in [0.4, 0.5) is 0 Å². The number of rotatable bonds is 5. The monoisotopic (exact) mass is 305 g/mol. The molecule has 0 radical (unpaired) electrons. The second-order valence-corrected chi connectivity index (χ2v) is 6.15. The van der Waals surface area contributed by atoms with Gasteiger partial charge in [-0.2, -0.15) is 0 Å². The lowest BCUT2D eigenvalue weighted by atomic mass is 10.2. The highest BCUT2D eigenvalue weighted by molar-refractivity contribution is 7.10. The van der Waals surface area contributed by atoms with Crippen LogP contribution in [0.15, 0.2) is 28.0 Å². The average molecular weight is 305 g/mol. The predicted octanol–water partition coefficient (Wildman–Crippen LogP) is 2.77. The molecule has 1 fully saturated rings. The molecule has 0 aliphatic heterocycles. The van der Waals surface area contributed by atoms with E-state index < -0.39 is 5.97 Å². The van der Waals surface area contributed by atoms with E-state index in [9.17, 15) is 9.59 Å². The fraction of sp³-hybridized carbons (Fsp3) is 0.333. The maximum absolute atomic E-state index is 12.1. The fourth-order valence-electron chi connectivity index (χ4n) is 2.43. The number of carbonyl (C=O) groups excluding carboxylic acids is 1. The summed E-state index contributed by atoms with van der Waals surface area (Å²) in [6, 6.07) is 5.03. The molecular weight excluding hydrogens is 290 g/mol. The van der Waals surface area contributed by atoms with Crippen molar-refractivity contribution < 1.29 is 19.1 Å². The highest BCUT2D eigenvalue weighted by Gasteiger charge is 2.45. The minimum Gasteiger partial charge on any atom is -0.475 e. The van der Waals surface area contributed by atoms with Crippen molar-refractivity contribution in [1.29, 1.82) is 0 Å². The van der Waals surface area contributed by atoms with E-state index in [1.54, 1.807) is 17.4 Å². The first-order valence-corrected chi connectivity index (χ1v) is 7.58. The zero-order chi connectivity index (χ0) is 15.0. The lowest BCUT2D eigenvalue weighted by molar-refractivity contribution is -0.122. The van der Waals surface area contributed by atoms with E-state index >= 15 is 0 Å². The van der Waals surface area contributed by atoms with Gasteiger partial charge in [0.05, 0.1) is 6.54 Å². The van der Waals surface area contributed by atoms with E-state index in [1.165, 1.54) is 16.5 Å². The van der Waals surface area contributed by atoms with Crippen molar-refractivity contribution >= 4 is 23.2 Å². The molecule has 0 saturated heterocycles. The topological polar surface area (TPSA) is 79.5 Å². The van der Waals surface area contributed by atoms with E-state index in [0.717, 1.165) is 6.42 Å². The molecule has 1 saturated carbocycles. The zero-order valence-electron chi connectivity index (χ0n) is 11.5. The first kappa shape index (κ1) is 13.9. The number of carbonyl (C=O) groups is 2. The number of hydrogen-bond acceptors (Lipinski definition) is 4. The largest absolute Gasteiger partial charge is 0.475 e. The number of carboxylic acids is 1. The molecule has 6 heteroatoms. The number of hydrogen-bond donors (Lipinski definition) is 2. The molecule has 0 bridgehead atoms. The van der Waals surface area contributed by atoms with Crippen LogP contribution in [0.5, 0.6) is 0 Å². The Bertz CT molecular complexity index is 687. The summed E-state index contributed by atoms with van der Waals surface area (Å²) >= 11 is 1.70. The van der Waals surface area contributed by atoms with Crippen molar-refractivity contribution in [2.24, 2.45) is 5.92 Å². The summed E-state index contributed by atoms with van der Waals surface area (Å²) in [4.78, 5) is 24.1. The van der Waals surface area contributed by atoms with Crippen molar-refractivity contribution in [3.05, 3.63) is 45.5 Å². The number of aryl methyl sites for hydroxylation is 1. The van der Waals surface area contributed by atoms with Gasteiger partial charge >= 0.3 is 5.97 Å². The third-order valence-corrected chi connectivity index (χ3v) is 4.83. The molecule has 1 amide bonds. The number of carboxylic acid groups (broad SMARTS) is 1. The lowest BCUT2D eigenvalue weighted by Crippen LogP contribution is -2.24. The molecule has 2 atom stereocenters. The Morgan fingerprint density at radius 1 is 1.43 bits per heavy atom. The van der Waals surface area contributed by atoms with Gasteiger partial charge in [-0.1, -0.05) is 0 Å². The van der Waals surface area contributed by atoms with E-state index in [4.69, 9.17) is 9.52 Å². The molecule has 3 rings (SSSR count). The Balaban J connectivity index is 1.53. The molecular formula is C15H15NO4S. The first-order chi connectivity index (χ1) is 10.1. The van der Waals surface area contributed by atoms with E-state index in [-0.39, 0.29) is 24.1 Å². The van der Waals surface area contributed by atoms with Crippen LogP contribution in [0.3, 0.4) is 0 Å². The molecule has 2 aromatic heterocycles. The molecule has 2 N–H and O–H groups in total. The van der Waals surface area contributed by atoms with Crippen molar-refractivity contribution in [1.82, 2.24) is 5.32 Å². The lowest BCUT2D eigenvalue weighted by Gasteiger charge is -2.02. The molecule has 21 heavy (non-hydrogen) atoms. The second kappa shape index (κ2) is 5.37. The van der Waals surface area contributed by atoms with Gasteiger partial charge in [-0.3, -0.25) is 4.79 Å². The maximum atomic E-state index is 12.1. The summed E-state index contributed by atoms with van der Waals surface area (Å²) in [6.45, 7) is 2.29. The van der Waals surface area contributed by atoms with Gasteiger partial charge in [0.15, 0.2) is 0 Å². The zero-order valence-corrected chi connectivity index (χ0v) is 12.3. The van der Waals surface area contributed by atoms with Crippen LogP contribution in [0.2, 0.25) is 0 Å². The molecule has 1 aliphatic carbocycles. The summed E-state index contributed by atoms with van der Waals surface area (Å²) in [5.41, 5.74) is 1.25. The summed E-state index contributed by atoms with van der Waals surface area (Å²) in [6.07, 6.45) is 0.881. The van der Waals surface area contributed by atoms with Gasteiger partial charge in [0, 0.05) is 16.7 Å². The van der Waals surface area contributed by atoms with Crippen LogP contribution in [0, 0.1) is 12.8 Å². The molecule has 1 aliphatic rings. The predicted molar refractivity (Wildman–Crippen MR) is 77.4 cm³/mol. The third kappa shape index (κ3) is 2.85. The van der Waals surface area contributed by atoms with Crippen LogP contribution in [-0.2, 0) is 11.3 Å². The SMILES string of the molecule is Cc1ccsc1[C@H]1C[C@@H]1C(=O)NCc1ccc(C(=O)O)o1. The Morgan fingerprint density at radius 3 is 2.86 bits per heavy atom. The van der Waals surface area contributed by atoms with Gasteiger partial charge in [-0.05, 0) is 42.5 Å². The standard InChI is InChI=1S/C15H15NO4S/c1-8-4-5-21-13(8)10-6-11(10)14(17)16-7-9-2-3-12(20-9)15(18)19/h2-5,10-11H,6-7H2,1H3,(H,16,17)(H,18,19)/t10-,11-/m0/s1. The van der Waals surface area contributed by atoms with Crippen molar-refractivity contribution in [2.45, 2.75) is 25.8 Å². The highest BCUT2D eigenvalue weighted by atomic mass is 32.1. The minimum atomic E-state index is -1.11. The number of aromatic carboxylic acids is 1. The molecule has 2 heterocycles. The smallest absolute Gasteiger partial charge is 0.371 e. The molecule has 110 valence electrons. The van der Waals surface area contributed by atoms with Gasteiger partial charge in [0.2, 0.25) is 11.7 Å². The Kier molecular flexibility index (Phi) is 3.55. The van der Waals surface area contributed by atoms with Crippen LogP contribution in [0.25, 0.3) is 0 Å². The maximum Gasteiger partial charge on any atom is 0.371 e. The molecule has 0 unspecified atom stereocenters. The number of thiophene rings is 1. The molecule has 2 aromatic rings. The number of amides is 1. The number of furan rings is 1. The molecule has 5 nitrogen and oxygen atoms in total. The van der Waals surface area contributed by atoms with Crippen LogP contribution < -0.4 is 5.32 Å². The van der Waals surface area contributed by atoms with Gasteiger partial charge in [-0.15, -0.1) is 11.3 Å². The van der Waals surface area contributed by atoms with E-state index in [0.29, 0.717) is 11.7 Å². The van der Waals surface area contributed by atoms with Gasteiger partial charge in [-0.25, -0.2) is 4.79 Å². The summed E-state index contributed by atoms with van der Waals surface area (Å²) < 4.78 is 5.10. The van der Waals surface area contributed by atoms with Gasteiger partial charge < -0.3 is 14.8 Å². The molecule has 0 spiro atoms. The first-order valence-electron chi connectivity index (χ1n) is 6.70. The van der Waals surface area contributed by atoms with Crippen LogP contribution >= 0.6 is 11.3 Å². The van der Waals surface area contributed by atoms with Crippen LogP contribution in [-0.4, -0.2) is 17.0 Å². The van der Waals surface area contributed by atoms with Gasteiger partial charge in [0.1, 0.15) is 5.76 Å². The van der Waals surface area contributed by atoms with Crippen molar-refractivity contribution in [3.8, 4) is 0 Å². The van der Waals surface area contributed by atoms with Gasteiger partial charge in [0.25, 0.3) is 0 Å². The Labute approximate surface area is 125 Å².